The molecule has 3 nitrogen and oxygen atoms in total. The van der Waals surface area contributed by atoms with E-state index < -0.39 is 0 Å². The third-order valence-electron chi connectivity index (χ3n) is 3.33. The average Bonchev–Trinajstić information content (AvgIpc) is 2.75. The molecule has 0 saturated carbocycles. The molecule has 1 rings (SSSR count). The van der Waals surface area contributed by atoms with Crippen molar-refractivity contribution in [3.8, 4) is 0 Å². The van der Waals surface area contributed by atoms with Crippen LogP contribution < -0.4 is 0 Å². The highest BCUT2D eigenvalue weighted by atomic mass is 16.5. The molecule has 1 N–H and O–H groups in total. The summed E-state index contributed by atoms with van der Waals surface area (Å²) >= 11 is 0. The summed E-state index contributed by atoms with van der Waals surface area (Å²) in [5.41, 5.74) is 0. The van der Waals surface area contributed by atoms with Gasteiger partial charge in [0, 0.05) is 25.8 Å². The molecule has 0 aliphatic carbocycles. The maximum Gasteiger partial charge on any atom is 0.0576 e. The van der Waals surface area contributed by atoms with Gasteiger partial charge >= 0.3 is 0 Å². The smallest absolute Gasteiger partial charge is 0.0576 e. The molecular weight excluding hydrogens is 202 g/mol. The molecule has 1 aliphatic heterocycles. The first-order valence-electron chi connectivity index (χ1n) is 6.70. The van der Waals surface area contributed by atoms with E-state index in [-0.39, 0.29) is 0 Å². The molecule has 0 aromatic carbocycles. The number of rotatable bonds is 8. The molecule has 0 amide bonds. The molecule has 1 saturated heterocycles. The highest BCUT2D eigenvalue weighted by Gasteiger charge is 2.16. The first kappa shape index (κ1) is 13.9. The van der Waals surface area contributed by atoms with E-state index in [0.717, 1.165) is 26.1 Å². The van der Waals surface area contributed by atoms with Crippen molar-refractivity contribution in [2.24, 2.45) is 0 Å². The summed E-state index contributed by atoms with van der Waals surface area (Å²) in [6.45, 7) is 7.86. The maximum atomic E-state index is 8.85. The Kier molecular flexibility index (Phi) is 7.01. The van der Waals surface area contributed by atoms with Crippen LogP contribution in [0, 0.1) is 0 Å². The van der Waals surface area contributed by atoms with Gasteiger partial charge in [-0.15, -0.1) is 0 Å². The number of ether oxygens (including phenoxy) is 1. The summed E-state index contributed by atoms with van der Waals surface area (Å²) in [7, 11) is 0. The van der Waals surface area contributed by atoms with E-state index in [1.54, 1.807) is 0 Å². The molecule has 1 aliphatic rings. The second-order valence-corrected chi connectivity index (χ2v) is 4.98. The Morgan fingerprint density at radius 1 is 1.31 bits per heavy atom. The predicted octanol–water partition coefficient (Wildman–Crippen LogP) is 2.04. The van der Waals surface area contributed by atoms with Crippen LogP contribution in [0.25, 0.3) is 0 Å². The zero-order chi connectivity index (χ0) is 11.8. The van der Waals surface area contributed by atoms with Crippen LogP contribution in [0.2, 0.25) is 0 Å². The van der Waals surface area contributed by atoms with Crippen LogP contribution in [-0.2, 0) is 4.74 Å². The molecule has 0 spiro atoms. The molecule has 0 aromatic rings. The first-order valence-corrected chi connectivity index (χ1v) is 6.70. The third-order valence-corrected chi connectivity index (χ3v) is 3.33. The van der Waals surface area contributed by atoms with Crippen molar-refractivity contribution < 1.29 is 9.84 Å². The molecule has 1 fully saturated rings. The topological polar surface area (TPSA) is 32.7 Å². The molecule has 3 heteroatoms. The van der Waals surface area contributed by atoms with Crippen LogP contribution in [0.3, 0.4) is 0 Å². The predicted molar refractivity (Wildman–Crippen MR) is 66.6 cm³/mol. The monoisotopic (exact) mass is 229 g/mol. The molecule has 1 heterocycles. The van der Waals surface area contributed by atoms with E-state index >= 15 is 0 Å². The SMILES string of the molecule is CC(C)N(CCCO)CCCC1CCCO1. The number of nitrogens with zero attached hydrogens (tertiary/aromatic N) is 1. The third kappa shape index (κ3) is 5.28. The van der Waals surface area contributed by atoms with Gasteiger partial charge in [-0.25, -0.2) is 0 Å². The number of hydrogen-bond donors (Lipinski definition) is 1. The lowest BCUT2D eigenvalue weighted by molar-refractivity contribution is 0.0961. The maximum absolute atomic E-state index is 8.85. The molecule has 16 heavy (non-hydrogen) atoms. The van der Waals surface area contributed by atoms with Crippen LogP contribution in [0.5, 0.6) is 0 Å². The summed E-state index contributed by atoms with van der Waals surface area (Å²) in [6, 6.07) is 0.580. The summed E-state index contributed by atoms with van der Waals surface area (Å²) in [5.74, 6) is 0. The van der Waals surface area contributed by atoms with E-state index in [0.29, 0.717) is 18.8 Å². The van der Waals surface area contributed by atoms with Gasteiger partial charge in [0.1, 0.15) is 0 Å². The van der Waals surface area contributed by atoms with Crippen LogP contribution in [0.1, 0.15) is 46.0 Å². The normalized spacial score (nSPS) is 21.2. The molecule has 0 radical (unpaired) electrons. The Balaban J connectivity index is 2.10. The standard InChI is InChI=1S/C13H27NO2/c1-12(2)14(9-5-10-15)8-3-6-13-7-4-11-16-13/h12-13,15H,3-11H2,1-2H3. The largest absolute Gasteiger partial charge is 0.396 e. The summed E-state index contributed by atoms with van der Waals surface area (Å²) in [4.78, 5) is 2.45. The van der Waals surface area contributed by atoms with Gasteiger partial charge in [-0.05, 0) is 52.5 Å². The van der Waals surface area contributed by atoms with E-state index in [2.05, 4.69) is 18.7 Å². The van der Waals surface area contributed by atoms with Crippen molar-refractivity contribution in [1.82, 2.24) is 4.90 Å². The Morgan fingerprint density at radius 2 is 2.06 bits per heavy atom. The second-order valence-electron chi connectivity index (χ2n) is 4.98. The fraction of sp³-hybridized carbons (Fsp3) is 1.00. The molecule has 1 atom stereocenters. The van der Waals surface area contributed by atoms with Gasteiger partial charge in [0.15, 0.2) is 0 Å². The van der Waals surface area contributed by atoms with Crippen molar-refractivity contribution in [3.63, 3.8) is 0 Å². The van der Waals surface area contributed by atoms with E-state index in [4.69, 9.17) is 9.84 Å². The van der Waals surface area contributed by atoms with Crippen molar-refractivity contribution in [2.75, 3.05) is 26.3 Å². The van der Waals surface area contributed by atoms with Gasteiger partial charge in [0.05, 0.1) is 6.10 Å². The van der Waals surface area contributed by atoms with E-state index in [9.17, 15) is 0 Å². The molecule has 0 bridgehead atoms. The zero-order valence-corrected chi connectivity index (χ0v) is 10.8. The van der Waals surface area contributed by atoms with E-state index in [1.165, 1.54) is 25.7 Å². The minimum atomic E-state index is 0.301. The fourth-order valence-corrected chi connectivity index (χ4v) is 2.30. The molecule has 96 valence electrons. The van der Waals surface area contributed by atoms with Gasteiger partial charge in [-0.2, -0.15) is 0 Å². The Hall–Kier alpha value is -0.120. The summed E-state index contributed by atoms with van der Waals surface area (Å²) in [5, 5.41) is 8.85. The summed E-state index contributed by atoms with van der Waals surface area (Å²) in [6.07, 6.45) is 6.31. The Morgan fingerprint density at radius 3 is 2.62 bits per heavy atom. The van der Waals surface area contributed by atoms with Gasteiger partial charge in [0.2, 0.25) is 0 Å². The minimum Gasteiger partial charge on any atom is -0.396 e. The van der Waals surface area contributed by atoms with Crippen LogP contribution >= 0.6 is 0 Å². The average molecular weight is 229 g/mol. The van der Waals surface area contributed by atoms with Crippen molar-refractivity contribution in [3.05, 3.63) is 0 Å². The summed E-state index contributed by atoms with van der Waals surface area (Å²) < 4.78 is 5.62. The lowest BCUT2D eigenvalue weighted by Crippen LogP contribution is -2.33. The van der Waals surface area contributed by atoms with Gasteiger partial charge in [-0.1, -0.05) is 0 Å². The van der Waals surface area contributed by atoms with Gasteiger partial charge in [0.25, 0.3) is 0 Å². The number of aliphatic hydroxyl groups excluding tert-OH is 1. The van der Waals surface area contributed by atoms with Crippen molar-refractivity contribution >= 4 is 0 Å². The lowest BCUT2D eigenvalue weighted by Gasteiger charge is -2.26. The highest BCUT2D eigenvalue weighted by Crippen LogP contribution is 2.17. The Bertz CT molecular complexity index is 167. The number of aliphatic hydroxyl groups is 1. The molecular formula is C13H27NO2. The van der Waals surface area contributed by atoms with Crippen LogP contribution in [0.15, 0.2) is 0 Å². The van der Waals surface area contributed by atoms with Crippen LogP contribution in [0.4, 0.5) is 0 Å². The quantitative estimate of drug-likeness (QED) is 0.691. The second kappa shape index (κ2) is 8.04. The fourth-order valence-electron chi connectivity index (χ4n) is 2.30. The highest BCUT2D eigenvalue weighted by molar-refractivity contribution is 4.68. The minimum absolute atomic E-state index is 0.301. The van der Waals surface area contributed by atoms with Crippen molar-refractivity contribution in [2.45, 2.75) is 58.1 Å². The number of hydrogen-bond acceptors (Lipinski definition) is 3. The molecule has 1 unspecified atom stereocenters. The first-order chi connectivity index (χ1) is 7.74. The van der Waals surface area contributed by atoms with Gasteiger partial charge < -0.3 is 14.7 Å². The Labute approximate surface area is 99.8 Å². The van der Waals surface area contributed by atoms with Gasteiger partial charge in [-0.3, -0.25) is 0 Å². The molecule has 0 aromatic heterocycles. The lowest BCUT2D eigenvalue weighted by atomic mass is 10.1. The zero-order valence-electron chi connectivity index (χ0n) is 10.8. The van der Waals surface area contributed by atoms with E-state index in [1.807, 2.05) is 0 Å². The van der Waals surface area contributed by atoms with Crippen LogP contribution in [-0.4, -0.2) is 48.5 Å². The van der Waals surface area contributed by atoms with Crippen molar-refractivity contribution in [1.29, 1.82) is 0 Å².